The van der Waals surface area contributed by atoms with Crippen molar-refractivity contribution in [1.82, 2.24) is 4.90 Å². The van der Waals surface area contributed by atoms with Crippen molar-refractivity contribution in [2.75, 3.05) is 19.8 Å². The Balaban J connectivity index is 4.81. The SMILES string of the molecule is CC(=O)COC(C)N(C(C)OCC(C)=O)C(C)OCC(C)=O. The van der Waals surface area contributed by atoms with Crippen LogP contribution in [0, 0.1) is 0 Å². The van der Waals surface area contributed by atoms with E-state index in [2.05, 4.69) is 0 Å². The summed E-state index contributed by atoms with van der Waals surface area (Å²) in [5.41, 5.74) is 0. The molecule has 0 aromatic carbocycles. The van der Waals surface area contributed by atoms with Gasteiger partial charge in [-0.15, -0.1) is 0 Å². The Morgan fingerprint density at radius 2 is 0.909 bits per heavy atom. The molecule has 22 heavy (non-hydrogen) atoms. The summed E-state index contributed by atoms with van der Waals surface area (Å²) in [7, 11) is 0. The van der Waals surface area contributed by atoms with Crippen molar-refractivity contribution < 1.29 is 28.6 Å². The minimum Gasteiger partial charge on any atom is -0.356 e. The molecule has 0 bridgehead atoms. The summed E-state index contributed by atoms with van der Waals surface area (Å²) in [4.78, 5) is 34.9. The highest BCUT2D eigenvalue weighted by Crippen LogP contribution is 2.14. The van der Waals surface area contributed by atoms with E-state index >= 15 is 0 Å². The molecule has 7 heteroatoms. The fourth-order valence-corrected chi connectivity index (χ4v) is 1.86. The van der Waals surface area contributed by atoms with Crippen LogP contribution in [0.25, 0.3) is 0 Å². The van der Waals surface area contributed by atoms with Gasteiger partial charge in [0.25, 0.3) is 0 Å². The first kappa shape index (κ1) is 20.9. The van der Waals surface area contributed by atoms with Crippen LogP contribution in [0.3, 0.4) is 0 Å². The number of ketones is 3. The molecule has 0 N–H and O–H groups in total. The molecular weight excluding hydrogens is 290 g/mol. The molecule has 0 saturated heterocycles. The molecule has 3 atom stereocenters. The molecular formula is C15H27NO6. The number of ether oxygens (including phenoxy) is 3. The highest BCUT2D eigenvalue weighted by Gasteiger charge is 2.28. The summed E-state index contributed by atoms with van der Waals surface area (Å²) in [6, 6.07) is 0. The summed E-state index contributed by atoms with van der Waals surface area (Å²) in [5.74, 6) is -0.288. The number of hydrogen-bond acceptors (Lipinski definition) is 7. The first-order chi connectivity index (χ1) is 10.1. The lowest BCUT2D eigenvalue weighted by atomic mass is 10.3. The van der Waals surface area contributed by atoms with E-state index in [1.807, 2.05) is 0 Å². The normalized spacial score (nSPS) is 15.4. The van der Waals surface area contributed by atoms with Gasteiger partial charge >= 0.3 is 0 Å². The van der Waals surface area contributed by atoms with Crippen LogP contribution in [0.2, 0.25) is 0 Å². The Morgan fingerprint density at radius 3 is 1.09 bits per heavy atom. The van der Waals surface area contributed by atoms with Crippen LogP contribution in [0.1, 0.15) is 41.5 Å². The second-order valence-electron chi connectivity index (χ2n) is 5.28. The number of carbonyl (C=O) groups is 3. The van der Waals surface area contributed by atoms with E-state index in [0.717, 1.165) is 0 Å². The average molecular weight is 317 g/mol. The van der Waals surface area contributed by atoms with E-state index in [9.17, 15) is 14.4 Å². The van der Waals surface area contributed by atoms with E-state index in [0.29, 0.717) is 0 Å². The molecule has 3 unspecified atom stereocenters. The lowest BCUT2D eigenvalue weighted by molar-refractivity contribution is -0.208. The fraction of sp³-hybridized carbons (Fsp3) is 0.800. The Bertz CT molecular complexity index is 327. The Morgan fingerprint density at radius 1 is 0.682 bits per heavy atom. The first-order valence-electron chi connectivity index (χ1n) is 7.25. The van der Waals surface area contributed by atoms with E-state index < -0.39 is 18.7 Å². The van der Waals surface area contributed by atoms with E-state index in [1.165, 1.54) is 20.8 Å². The van der Waals surface area contributed by atoms with Crippen molar-refractivity contribution in [2.24, 2.45) is 0 Å². The topological polar surface area (TPSA) is 82.1 Å². The van der Waals surface area contributed by atoms with Crippen molar-refractivity contribution >= 4 is 17.3 Å². The van der Waals surface area contributed by atoms with Crippen LogP contribution in [0.4, 0.5) is 0 Å². The van der Waals surface area contributed by atoms with Gasteiger partial charge in [0.05, 0.1) is 0 Å². The van der Waals surface area contributed by atoms with Gasteiger partial charge in [-0.1, -0.05) is 0 Å². The van der Waals surface area contributed by atoms with Crippen molar-refractivity contribution in [1.29, 1.82) is 0 Å². The van der Waals surface area contributed by atoms with E-state index in [4.69, 9.17) is 14.2 Å². The third-order valence-electron chi connectivity index (χ3n) is 2.84. The van der Waals surface area contributed by atoms with Crippen LogP contribution in [0.5, 0.6) is 0 Å². The average Bonchev–Trinajstić information content (AvgIpc) is 2.40. The Hall–Kier alpha value is -1.15. The van der Waals surface area contributed by atoms with Gasteiger partial charge in [-0.2, -0.15) is 0 Å². The summed E-state index contributed by atoms with van der Waals surface area (Å²) in [6.45, 7) is 9.47. The number of Topliss-reactive ketones (excluding diaryl/α,β-unsaturated/α-hetero) is 3. The van der Waals surface area contributed by atoms with Crippen molar-refractivity contribution in [3.05, 3.63) is 0 Å². The van der Waals surface area contributed by atoms with Crippen LogP contribution in [0.15, 0.2) is 0 Å². The second-order valence-corrected chi connectivity index (χ2v) is 5.28. The molecule has 0 saturated carbocycles. The standard InChI is InChI=1S/C15H27NO6/c1-10(17)7-20-13(4)16(14(5)21-8-11(2)18)15(6)22-9-12(3)19/h13-15H,7-9H2,1-6H3. The molecule has 0 aliphatic rings. The zero-order valence-corrected chi connectivity index (χ0v) is 14.3. The molecule has 0 heterocycles. The van der Waals surface area contributed by atoms with Gasteiger partial charge in [-0.05, 0) is 41.5 Å². The highest BCUT2D eigenvalue weighted by molar-refractivity contribution is 5.77. The summed E-state index contributed by atoms with van der Waals surface area (Å²) in [6.07, 6.45) is -1.44. The molecule has 0 spiro atoms. The lowest BCUT2D eigenvalue weighted by Gasteiger charge is -2.37. The zero-order valence-electron chi connectivity index (χ0n) is 14.3. The Kier molecular flexibility index (Phi) is 10.0. The molecule has 0 rings (SSSR count). The molecule has 0 aliphatic carbocycles. The van der Waals surface area contributed by atoms with Crippen LogP contribution < -0.4 is 0 Å². The molecule has 0 aliphatic heterocycles. The third-order valence-corrected chi connectivity index (χ3v) is 2.84. The Labute approximate surface area is 131 Å². The smallest absolute Gasteiger partial charge is 0.155 e. The van der Waals surface area contributed by atoms with Gasteiger partial charge in [0, 0.05) is 0 Å². The van der Waals surface area contributed by atoms with Crippen LogP contribution in [-0.2, 0) is 28.6 Å². The van der Waals surface area contributed by atoms with Gasteiger partial charge < -0.3 is 14.2 Å². The van der Waals surface area contributed by atoms with Gasteiger partial charge in [0.15, 0.2) is 17.3 Å². The molecule has 0 amide bonds. The molecule has 0 aromatic rings. The van der Waals surface area contributed by atoms with Crippen molar-refractivity contribution in [2.45, 2.75) is 60.2 Å². The molecule has 0 aromatic heterocycles. The summed E-state index contributed by atoms with van der Waals surface area (Å²) >= 11 is 0. The zero-order chi connectivity index (χ0) is 17.3. The maximum absolute atomic E-state index is 11.0. The number of hydrogen-bond donors (Lipinski definition) is 0. The predicted octanol–water partition coefficient (Wildman–Crippen LogP) is 1.14. The van der Waals surface area contributed by atoms with Gasteiger partial charge in [0.1, 0.15) is 38.5 Å². The summed E-state index contributed by atoms with van der Waals surface area (Å²) < 4.78 is 16.4. The molecule has 128 valence electrons. The number of rotatable bonds is 12. The molecule has 0 radical (unpaired) electrons. The first-order valence-corrected chi connectivity index (χ1v) is 7.25. The largest absolute Gasteiger partial charge is 0.356 e. The quantitative estimate of drug-likeness (QED) is 0.499. The van der Waals surface area contributed by atoms with Gasteiger partial charge in [-0.25, -0.2) is 4.90 Å². The lowest BCUT2D eigenvalue weighted by Crippen LogP contribution is -2.50. The van der Waals surface area contributed by atoms with E-state index in [1.54, 1.807) is 25.7 Å². The van der Waals surface area contributed by atoms with Gasteiger partial charge in [0.2, 0.25) is 0 Å². The monoisotopic (exact) mass is 317 g/mol. The van der Waals surface area contributed by atoms with Crippen molar-refractivity contribution in [3.8, 4) is 0 Å². The molecule has 7 nitrogen and oxygen atoms in total. The minimum atomic E-state index is -0.479. The minimum absolute atomic E-state index is 0.0312. The predicted molar refractivity (Wildman–Crippen MR) is 80.1 cm³/mol. The maximum atomic E-state index is 11.0. The van der Waals surface area contributed by atoms with Crippen molar-refractivity contribution in [3.63, 3.8) is 0 Å². The summed E-state index contributed by atoms with van der Waals surface area (Å²) in [5, 5.41) is 0. The number of carbonyl (C=O) groups excluding carboxylic acids is 3. The maximum Gasteiger partial charge on any atom is 0.155 e. The van der Waals surface area contributed by atoms with E-state index in [-0.39, 0.29) is 37.2 Å². The fourth-order valence-electron chi connectivity index (χ4n) is 1.86. The second kappa shape index (κ2) is 10.6. The third kappa shape index (κ3) is 8.99. The highest BCUT2D eigenvalue weighted by atomic mass is 16.6. The number of nitrogens with zero attached hydrogens (tertiary/aromatic N) is 1. The van der Waals surface area contributed by atoms with Gasteiger partial charge in [-0.3, -0.25) is 14.4 Å². The van der Waals surface area contributed by atoms with Crippen LogP contribution in [-0.4, -0.2) is 60.8 Å². The van der Waals surface area contributed by atoms with Crippen LogP contribution >= 0.6 is 0 Å². The molecule has 0 fully saturated rings.